The van der Waals surface area contributed by atoms with E-state index in [0.717, 1.165) is 11.5 Å². The molecule has 0 atom stereocenters. The van der Waals surface area contributed by atoms with Crippen LogP contribution in [0.2, 0.25) is 0 Å². The zero-order valence-electron chi connectivity index (χ0n) is 19.2. The lowest BCUT2D eigenvalue weighted by Gasteiger charge is -2.20. The van der Waals surface area contributed by atoms with Gasteiger partial charge >= 0.3 is 0 Å². The molecule has 1 aromatic heterocycles. The van der Waals surface area contributed by atoms with E-state index in [1.165, 1.54) is 12.1 Å². The summed E-state index contributed by atoms with van der Waals surface area (Å²) in [5.41, 5.74) is 2.61. The number of nitrogens with one attached hydrogen (secondary N) is 1. The van der Waals surface area contributed by atoms with Gasteiger partial charge in [0.25, 0.3) is 5.91 Å². The van der Waals surface area contributed by atoms with Gasteiger partial charge in [-0.2, -0.15) is 5.10 Å². The highest BCUT2D eigenvalue weighted by Gasteiger charge is 2.19. The number of amides is 2. The summed E-state index contributed by atoms with van der Waals surface area (Å²) >= 11 is 0. The number of carbonyl (C=O) groups is 2. The quantitative estimate of drug-likeness (QED) is 0.546. The molecule has 0 aliphatic carbocycles. The summed E-state index contributed by atoms with van der Waals surface area (Å²) in [6.45, 7) is 5.86. The number of aryl methyl sites for hydroxylation is 2. The van der Waals surface area contributed by atoms with Crippen molar-refractivity contribution in [2.24, 2.45) is 7.05 Å². The van der Waals surface area contributed by atoms with Gasteiger partial charge in [-0.05, 0) is 55.8 Å². The van der Waals surface area contributed by atoms with Crippen LogP contribution in [0.25, 0.3) is 0 Å². The molecule has 33 heavy (non-hydrogen) atoms. The first kappa shape index (κ1) is 24.2. The number of aromatic nitrogens is 2. The second-order valence-corrected chi connectivity index (χ2v) is 9.94. The van der Waals surface area contributed by atoms with Crippen molar-refractivity contribution in [3.05, 3.63) is 71.4 Å². The topological polar surface area (TPSA) is 101 Å². The summed E-state index contributed by atoms with van der Waals surface area (Å²) in [5.74, 6) is 0.361. The first-order valence-electron chi connectivity index (χ1n) is 10.7. The molecule has 0 unspecified atom stereocenters. The van der Waals surface area contributed by atoms with Gasteiger partial charge in [-0.1, -0.05) is 19.1 Å². The summed E-state index contributed by atoms with van der Waals surface area (Å²) in [7, 11) is -1.47. The third kappa shape index (κ3) is 5.67. The highest BCUT2D eigenvalue weighted by Crippen LogP contribution is 2.19. The standard InChI is InChI=1S/C24H28N4O4S/c1-5-28(23-15-17(3)26-27(23)4)24(30)19-9-11-20(12-10-19)25-22(29)16-18-7-13-21(14-8-18)33(31,32)6-2/h7-15H,5-6,16H2,1-4H3,(H,25,29). The van der Waals surface area contributed by atoms with Gasteiger partial charge < -0.3 is 5.32 Å². The van der Waals surface area contributed by atoms with Gasteiger partial charge in [0.05, 0.1) is 22.8 Å². The average Bonchev–Trinajstić information content (AvgIpc) is 3.12. The Bertz CT molecular complexity index is 1250. The van der Waals surface area contributed by atoms with Crippen LogP contribution in [-0.4, -0.2) is 42.3 Å². The maximum atomic E-state index is 13.0. The Balaban J connectivity index is 1.64. The average molecular weight is 469 g/mol. The minimum Gasteiger partial charge on any atom is -0.326 e. The third-order valence-corrected chi connectivity index (χ3v) is 7.01. The summed E-state index contributed by atoms with van der Waals surface area (Å²) in [6, 6.07) is 14.9. The normalized spacial score (nSPS) is 11.3. The van der Waals surface area contributed by atoms with Gasteiger partial charge in [0, 0.05) is 30.9 Å². The summed E-state index contributed by atoms with van der Waals surface area (Å²) in [6.07, 6.45) is 0.108. The van der Waals surface area contributed by atoms with Crippen molar-refractivity contribution in [2.45, 2.75) is 32.1 Å². The minimum atomic E-state index is -3.27. The zero-order chi connectivity index (χ0) is 24.2. The van der Waals surface area contributed by atoms with E-state index in [1.807, 2.05) is 19.9 Å². The van der Waals surface area contributed by atoms with Crippen LogP contribution in [0.3, 0.4) is 0 Å². The molecule has 0 saturated carbocycles. The van der Waals surface area contributed by atoms with Crippen molar-refractivity contribution in [2.75, 3.05) is 22.5 Å². The molecule has 8 nitrogen and oxygen atoms in total. The van der Waals surface area contributed by atoms with E-state index in [4.69, 9.17) is 0 Å². The maximum Gasteiger partial charge on any atom is 0.259 e. The first-order valence-corrected chi connectivity index (χ1v) is 12.3. The van der Waals surface area contributed by atoms with Crippen molar-refractivity contribution in [3.63, 3.8) is 0 Å². The summed E-state index contributed by atoms with van der Waals surface area (Å²) < 4.78 is 25.5. The van der Waals surface area contributed by atoms with Gasteiger partial charge in [-0.25, -0.2) is 8.42 Å². The maximum absolute atomic E-state index is 13.0. The number of rotatable bonds is 8. The van der Waals surface area contributed by atoms with Crippen molar-refractivity contribution >= 4 is 33.2 Å². The first-order chi connectivity index (χ1) is 15.6. The van der Waals surface area contributed by atoms with Gasteiger partial charge in [-0.3, -0.25) is 19.2 Å². The molecule has 2 amide bonds. The van der Waals surface area contributed by atoms with E-state index in [-0.39, 0.29) is 28.9 Å². The van der Waals surface area contributed by atoms with Crippen molar-refractivity contribution < 1.29 is 18.0 Å². The van der Waals surface area contributed by atoms with Crippen molar-refractivity contribution in [3.8, 4) is 0 Å². The molecular weight excluding hydrogens is 440 g/mol. The Morgan fingerprint density at radius 3 is 2.18 bits per heavy atom. The van der Waals surface area contributed by atoms with Crippen LogP contribution in [0.5, 0.6) is 0 Å². The Kier molecular flexibility index (Phi) is 7.33. The van der Waals surface area contributed by atoms with E-state index >= 15 is 0 Å². The smallest absolute Gasteiger partial charge is 0.259 e. The molecule has 0 saturated heterocycles. The Morgan fingerprint density at radius 2 is 1.67 bits per heavy atom. The number of nitrogens with zero attached hydrogens (tertiary/aromatic N) is 3. The molecular formula is C24H28N4O4S. The fourth-order valence-corrected chi connectivity index (χ4v) is 4.37. The SMILES string of the molecule is CCN(C(=O)c1ccc(NC(=O)Cc2ccc(S(=O)(=O)CC)cc2)cc1)c1cc(C)nn1C. The molecule has 0 aliphatic heterocycles. The molecule has 3 rings (SSSR count). The molecule has 3 aromatic rings. The van der Waals surface area contributed by atoms with E-state index in [2.05, 4.69) is 10.4 Å². The summed E-state index contributed by atoms with van der Waals surface area (Å²) in [5, 5.41) is 7.11. The largest absolute Gasteiger partial charge is 0.326 e. The van der Waals surface area contributed by atoms with Crippen LogP contribution < -0.4 is 10.2 Å². The minimum absolute atomic E-state index is 0.0308. The van der Waals surface area contributed by atoms with E-state index in [0.29, 0.717) is 23.4 Å². The van der Waals surface area contributed by atoms with Gasteiger partial charge in [-0.15, -0.1) is 0 Å². The van der Waals surface area contributed by atoms with Crippen LogP contribution >= 0.6 is 0 Å². The lowest BCUT2D eigenvalue weighted by atomic mass is 10.1. The molecule has 0 radical (unpaired) electrons. The van der Waals surface area contributed by atoms with Gasteiger partial charge in [0.15, 0.2) is 9.84 Å². The van der Waals surface area contributed by atoms with Crippen LogP contribution in [-0.2, 0) is 28.1 Å². The number of sulfone groups is 1. The predicted octanol–water partition coefficient (Wildman–Crippen LogP) is 3.37. The summed E-state index contributed by atoms with van der Waals surface area (Å²) in [4.78, 5) is 27.3. The monoisotopic (exact) mass is 468 g/mol. The lowest BCUT2D eigenvalue weighted by Crippen LogP contribution is -2.32. The zero-order valence-corrected chi connectivity index (χ0v) is 20.0. The predicted molar refractivity (Wildman–Crippen MR) is 128 cm³/mol. The lowest BCUT2D eigenvalue weighted by molar-refractivity contribution is -0.115. The molecule has 0 fully saturated rings. The Morgan fingerprint density at radius 1 is 1.03 bits per heavy atom. The molecule has 9 heteroatoms. The molecule has 1 N–H and O–H groups in total. The third-order valence-electron chi connectivity index (χ3n) is 5.26. The molecule has 2 aromatic carbocycles. The highest BCUT2D eigenvalue weighted by atomic mass is 32.2. The van der Waals surface area contributed by atoms with E-state index in [9.17, 15) is 18.0 Å². The second kappa shape index (κ2) is 9.99. The molecule has 0 aliphatic rings. The second-order valence-electron chi connectivity index (χ2n) is 7.67. The van der Waals surface area contributed by atoms with E-state index < -0.39 is 9.84 Å². The fourth-order valence-electron chi connectivity index (χ4n) is 3.48. The van der Waals surface area contributed by atoms with Crippen molar-refractivity contribution in [1.29, 1.82) is 0 Å². The molecule has 0 bridgehead atoms. The number of benzene rings is 2. The highest BCUT2D eigenvalue weighted by molar-refractivity contribution is 7.91. The molecule has 0 spiro atoms. The fraction of sp³-hybridized carbons (Fsp3) is 0.292. The molecule has 1 heterocycles. The van der Waals surface area contributed by atoms with Gasteiger partial charge in [0.2, 0.25) is 5.91 Å². The van der Waals surface area contributed by atoms with Crippen LogP contribution in [0.15, 0.2) is 59.5 Å². The van der Waals surface area contributed by atoms with Crippen molar-refractivity contribution in [1.82, 2.24) is 9.78 Å². The van der Waals surface area contributed by atoms with Crippen LogP contribution in [0.1, 0.15) is 35.5 Å². The number of carbonyl (C=O) groups excluding carboxylic acids is 2. The van der Waals surface area contributed by atoms with Gasteiger partial charge in [0.1, 0.15) is 5.82 Å². The number of hydrogen-bond acceptors (Lipinski definition) is 5. The Hall–Kier alpha value is -3.46. The van der Waals surface area contributed by atoms with E-state index in [1.54, 1.807) is 60.0 Å². The number of anilines is 2. The molecule has 174 valence electrons. The van der Waals surface area contributed by atoms with Crippen LogP contribution in [0, 0.1) is 6.92 Å². The Labute approximate surface area is 194 Å². The van der Waals surface area contributed by atoms with Crippen LogP contribution in [0.4, 0.5) is 11.5 Å². The number of hydrogen-bond donors (Lipinski definition) is 1.